The van der Waals surface area contributed by atoms with E-state index in [-0.39, 0.29) is 17.7 Å². The van der Waals surface area contributed by atoms with Gasteiger partial charge in [0.1, 0.15) is 0 Å². The summed E-state index contributed by atoms with van der Waals surface area (Å²) in [5.74, 6) is -0.597. The molecule has 2 fully saturated rings. The average Bonchev–Trinajstić information content (AvgIpc) is 2.88. The first-order valence-corrected chi connectivity index (χ1v) is 7.41. The molecule has 1 amide bonds. The number of halogens is 3. The fraction of sp³-hybridized carbons (Fsp3) is 0.714. The Labute approximate surface area is 126 Å². The third-order valence-electron chi connectivity index (χ3n) is 4.32. The van der Waals surface area contributed by atoms with E-state index in [2.05, 4.69) is 5.10 Å². The first kappa shape index (κ1) is 15.3. The monoisotopic (exact) mass is 317 g/mol. The zero-order valence-electron chi connectivity index (χ0n) is 12.3. The summed E-state index contributed by atoms with van der Waals surface area (Å²) >= 11 is 0. The number of carbonyl (C=O) groups excluding carboxylic acids is 1. The summed E-state index contributed by atoms with van der Waals surface area (Å²) in [7, 11) is 1.38. The van der Waals surface area contributed by atoms with Gasteiger partial charge in [0.2, 0.25) is 0 Å². The lowest BCUT2D eigenvalue weighted by atomic mass is 9.89. The molecule has 1 saturated carbocycles. The normalized spacial score (nSPS) is 25.9. The Bertz CT molecular complexity index is 568. The summed E-state index contributed by atoms with van der Waals surface area (Å²) < 4.78 is 45.9. The Kier molecular flexibility index (Phi) is 3.88. The number of ether oxygens (including phenoxy) is 1. The number of hydrogen-bond donors (Lipinski definition) is 0. The first-order chi connectivity index (χ1) is 10.4. The van der Waals surface area contributed by atoms with Crippen LogP contribution < -0.4 is 0 Å². The quantitative estimate of drug-likeness (QED) is 0.798. The molecule has 1 aromatic rings. The van der Waals surface area contributed by atoms with E-state index in [0.717, 1.165) is 36.6 Å². The number of morpholine rings is 1. The lowest BCUT2D eigenvalue weighted by Crippen LogP contribution is -2.55. The predicted molar refractivity (Wildman–Crippen MR) is 71.2 cm³/mol. The van der Waals surface area contributed by atoms with E-state index < -0.39 is 17.8 Å². The van der Waals surface area contributed by atoms with E-state index in [4.69, 9.17) is 4.74 Å². The first-order valence-electron chi connectivity index (χ1n) is 7.41. The van der Waals surface area contributed by atoms with E-state index in [9.17, 15) is 18.0 Å². The van der Waals surface area contributed by atoms with Crippen molar-refractivity contribution in [1.29, 1.82) is 0 Å². The number of rotatable bonds is 1. The van der Waals surface area contributed by atoms with Crippen LogP contribution in [-0.2, 0) is 18.0 Å². The van der Waals surface area contributed by atoms with Gasteiger partial charge in [-0.25, -0.2) is 0 Å². The van der Waals surface area contributed by atoms with Gasteiger partial charge in [0.25, 0.3) is 5.91 Å². The molecule has 1 aliphatic carbocycles. The van der Waals surface area contributed by atoms with E-state index in [0.29, 0.717) is 13.2 Å². The molecule has 2 heterocycles. The molecule has 0 bridgehead atoms. The van der Waals surface area contributed by atoms with Crippen molar-refractivity contribution in [2.45, 2.75) is 44.0 Å². The van der Waals surface area contributed by atoms with Crippen LogP contribution in [0, 0.1) is 0 Å². The molecule has 0 N–H and O–H groups in total. The van der Waals surface area contributed by atoms with Gasteiger partial charge < -0.3 is 9.64 Å². The van der Waals surface area contributed by atoms with E-state index in [1.54, 1.807) is 4.90 Å². The SMILES string of the molecule is Cn1cc(C(=O)N2CCO[C@H]3CCCC[C@@H]32)c(C(F)(F)F)n1. The van der Waals surface area contributed by atoms with Crippen LogP contribution in [0.2, 0.25) is 0 Å². The molecule has 1 aliphatic heterocycles. The smallest absolute Gasteiger partial charge is 0.374 e. The second kappa shape index (κ2) is 5.57. The number of aryl methyl sites for hydroxylation is 1. The van der Waals surface area contributed by atoms with Gasteiger partial charge >= 0.3 is 6.18 Å². The Morgan fingerprint density at radius 1 is 1.36 bits per heavy atom. The van der Waals surface area contributed by atoms with Crippen LogP contribution in [0.1, 0.15) is 41.7 Å². The van der Waals surface area contributed by atoms with Gasteiger partial charge in [0.05, 0.1) is 24.3 Å². The number of nitrogens with zero attached hydrogens (tertiary/aromatic N) is 3. The molecule has 5 nitrogen and oxygen atoms in total. The van der Waals surface area contributed by atoms with Crippen molar-refractivity contribution in [3.63, 3.8) is 0 Å². The van der Waals surface area contributed by atoms with Crippen molar-refractivity contribution in [2.75, 3.05) is 13.2 Å². The van der Waals surface area contributed by atoms with Gasteiger partial charge in [-0.2, -0.15) is 18.3 Å². The van der Waals surface area contributed by atoms with Crippen molar-refractivity contribution in [3.05, 3.63) is 17.5 Å². The summed E-state index contributed by atoms with van der Waals surface area (Å²) in [5, 5.41) is 3.41. The Morgan fingerprint density at radius 3 is 2.82 bits per heavy atom. The number of fused-ring (bicyclic) bond motifs is 1. The van der Waals surface area contributed by atoms with Crippen molar-refractivity contribution in [2.24, 2.45) is 7.05 Å². The van der Waals surface area contributed by atoms with Crippen molar-refractivity contribution < 1.29 is 22.7 Å². The van der Waals surface area contributed by atoms with Gasteiger partial charge in [-0.15, -0.1) is 0 Å². The topological polar surface area (TPSA) is 47.4 Å². The Hall–Kier alpha value is -1.57. The van der Waals surface area contributed by atoms with Gasteiger partial charge in [-0.3, -0.25) is 9.48 Å². The number of hydrogen-bond acceptors (Lipinski definition) is 3. The summed E-state index contributed by atoms with van der Waals surface area (Å²) in [6.07, 6.45) is 0.0869. The van der Waals surface area contributed by atoms with Crippen LogP contribution in [-0.4, -0.2) is 45.9 Å². The molecule has 2 aliphatic rings. The average molecular weight is 317 g/mol. The Balaban J connectivity index is 1.90. The van der Waals surface area contributed by atoms with Crippen molar-refractivity contribution in [1.82, 2.24) is 14.7 Å². The zero-order valence-corrected chi connectivity index (χ0v) is 12.3. The number of amides is 1. The molecule has 8 heteroatoms. The molecular weight excluding hydrogens is 299 g/mol. The number of alkyl halides is 3. The highest BCUT2D eigenvalue weighted by molar-refractivity contribution is 5.95. The lowest BCUT2D eigenvalue weighted by Gasteiger charge is -2.43. The van der Waals surface area contributed by atoms with Crippen LogP contribution in [0.25, 0.3) is 0 Å². The standard InChI is InChI=1S/C14H18F3N3O2/c1-19-8-9(12(18-19)14(15,16)17)13(21)20-6-7-22-11-5-3-2-4-10(11)20/h8,10-11H,2-7H2,1H3/t10-,11-/m0/s1. The van der Waals surface area contributed by atoms with Crippen molar-refractivity contribution in [3.8, 4) is 0 Å². The highest BCUT2D eigenvalue weighted by atomic mass is 19.4. The molecule has 2 atom stereocenters. The minimum atomic E-state index is -4.63. The maximum atomic E-state index is 13.1. The van der Waals surface area contributed by atoms with E-state index >= 15 is 0 Å². The third-order valence-corrected chi connectivity index (χ3v) is 4.32. The maximum absolute atomic E-state index is 13.1. The largest absolute Gasteiger partial charge is 0.435 e. The molecule has 0 radical (unpaired) electrons. The molecule has 3 rings (SSSR count). The van der Waals surface area contributed by atoms with Crippen LogP contribution in [0.3, 0.4) is 0 Å². The third kappa shape index (κ3) is 2.71. The molecule has 0 spiro atoms. The predicted octanol–water partition coefficient (Wildman–Crippen LogP) is 2.22. The molecule has 122 valence electrons. The van der Waals surface area contributed by atoms with Crippen LogP contribution in [0.4, 0.5) is 13.2 Å². The van der Waals surface area contributed by atoms with Crippen LogP contribution in [0.15, 0.2) is 6.20 Å². The van der Waals surface area contributed by atoms with Gasteiger partial charge in [0, 0.05) is 19.8 Å². The number of carbonyl (C=O) groups is 1. The molecule has 1 aromatic heterocycles. The van der Waals surface area contributed by atoms with E-state index in [1.807, 2.05) is 0 Å². The minimum Gasteiger partial charge on any atom is -0.374 e. The molecule has 0 aromatic carbocycles. The lowest BCUT2D eigenvalue weighted by molar-refractivity contribution is -0.142. The molecular formula is C14H18F3N3O2. The molecule has 0 unspecified atom stereocenters. The van der Waals surface area contributed by atoms with Crippen molar-refractivity contribution >= 4 is 5.91 Å². The second-order valence-corrected chi connectivity index (χ2v) is 5.82. The summed E-state index contributed by atoms with van der Waals surface area (Å²) in [4.78, 5) is 14.2. The van der Waals surface area contributed by atoms with Crippen LogP contribution >= 0.6 is 0 Å². The fourth-order valence-electron chi connectivity index (χ4n) is 3.36. The van der Waals surface area contributed by atoms with Gasteiger partial charge in [0.15, 0.2) is 5.69 Å². The maximum Gasteiger partial charge on any atom is 0.435 e. The number of aromatic nitrogens is 2. The zero-order chi connectivity index (χ0) is 15.9. The Morgan fingerprint density at radius 2 is 2.09 bits per heavy atom. The summed E-state index contributed by atoms with van der Waals surface area (Å²) in [6.45, 7) is 0.695. The molecule has 1 saturated heterocycles. The van der Waals surface area contributed by atoms with Gasteiger partial charge in [-0.05, 0) is 12.8 Å². The highest BCUT2D eigenvalue weighted by Gasteiger charge is 2.43. The fourth-order valence-corrected chi connectivity index (χ4v) is 3.36. The molecule has 22 heavy (non-hydrogen) atoms. The highest BCUT2D eigenvalue weighted by Crippen LogP contribution is 2.34. The van der Waals surface area contributed by atoms with Crippen LogP contribution in [0.5, 0.6) is 0 Å². The second-order valence-electron chi connectivity index (χ2n) is 5.82. The summed E-state index contributed by atoms with van der Waals surface area (Å²) in [6, 6.07) is -0.128. The minimum absolute atomic E-state index is 0.0579. The van der Waals surface area contributed by atoms with Gasteiger partial charge in [-0.1, -0.05) is 12.8 Å². The summed E-state index contributed by atoms with van der Waals surface area (Å²) in [5.41, 5.74) is -1.49. The van der Waals surface area contributed by atoms with E-state index in [1.165, 1.54) is 7.05 Å².